The fraction of sp³-hybridized carbons (Fsp3) is 0.0769. The quantitative estimate of drug-likeness (QED) is 0.746. The predicted molar refractivity (Wildman–Crippen MR) is 80.7 cm³/mol. The van der Waals surface area contributed by atoms with Gasteiger partial charge in [-0.3, -0.25) is 0 Å². The van der Waals surface area contributed by atoms with Crippen LogP contribution in [-0.4, -0.2) is 9.97 Å². The van der Waals surface area contributed by atoms with E-state index in [2.05, 4.69) is 25.9 Å². The van der Waals surface area contributed by atoms with Crippen molar-refractivity contribution < 1.29 is 9.13 Å². The van der Waals surface area contributed by atoms with Crippen molar-refractivity contribution in [2.24, 2.45) is 0 Å². The molecule has 0 bridgehead atoms. The number of nitrogens with zero attached hydrogens (tertiary/aromatic N) is 2. The maximum Gasteiger partial charge on any atom is 0.232 e. The number of nitrogen functional groups attached to an aromatic ring is 1. The second kappa shape index (κ2) is 4.99. The third-order valence-electron chi connectivity index (χ3n) is 2.60. The Morgan fingerprint density at radius 3 is 2.90 bits per heavy atom. The summed E-state index contributed by atoms with van der Waals surface area (Å²) in [6.45, 7) is 1.96. The van der Waals surface area contributed by atoms with Gasteiger partial charge in [0.1, 0.15) is 16.4 Å². The van der Waals surface area contributed by atoms with Crippen molar-refractivity contribution in [2.45, 2.75) is 6.92 Å². The van der Waals surface area contributed by atoms with Gasteiger partial charge in [-0.2, -0.15) is 4.98 Å². The summed E-state index contributed by atoms with van der Waals surface area (Å²) < 4.78 is 19.6. The number of aromatic nitrogens is 2. The van der Waals surface area contributed by atoms with Crippen molar-refractivity contribution in [2.75, 3.05) is 5.73 Å². The van der Waals surface area contributed by atoms with Crippen molar-refractivity contribution in [3.8, 4) is 11.6 Å². The normalized spacial score (nSPS) is 10.9. The summed E-state index contributed by atoms with van der Waals surface area (Å²) in [5.41, 5.74) is 5.67. The summed E-state index contributed by atoms with van der Waals surface area (Å²) in [5.74, 6) is 0.404. The van der Waals surface area contributed by atoms with E-state index < -0.39 is 0 Å². The Labute approximate surface area is 126 Å². The Balaban J connectivity index is 2.12. The second-order valence-corrected chi connectivity index (χ2v) is 6.23. The zero-order valence-electron chi connectivity index (χ0n) is 10.4. The standard InChI is InChI=1S/C13H9BrFN3OS/c1-6-4-8-11(17-13(16)18-12(8)20-6)19-10-5-7(15)2-3-9(10)14/h2-5H,1H3,(H2,16,17,18). The van der Waals surface area contributed by atoms with Crippen LogP contribution in [0.2, 0.25) is 0 Å². The highest BCUT2D eigenvalue weighted by atomic mass is 79.9. The van der Waals surface area contributed by atoms with Crippen LogP contribution < -0.4 is 10.5 Å². The first-order valence-corrected chi connectivity index (χ1v) is 7.30. The molecular formula is C13H9BrFN3OS. The first kappa shape index (κ1) is 13.3. The minimum absolute atomic E-state index is 0.127. The van der Waals surface area contributed by atoms with Gasteiger partial charge in [-0.15, -0.1) is 11.3 Å². The minimum atomic E-state index is -0.386. The summed E-state index contributed by atoms with van der Waals surface area (Å²) in [6.07, 6.45) is 0. The second-order valence-electron chi connectivity index (χ2n) is 4.14. The number of ether oxygens (including phenoxy) is 1. The number of aryl methyl sites for hydroxylation is 1. The molecule has 0 spiro atoms. The van der Waals surface area contributed by atoms with E-state index in [4.69, 9.17) is 10.5 Å². The zero-order chi connectivity index (χ0) is 14.3. The number of halogens is 2. The number of hydrogen-bond acceptors (Lipinski definition) is 5. The molecule has 0 aliphatic rings. The number of anilines is 1. The molecular weight excluding hydrogens is 345 g/mol. The summed E-state index contributed by atoms with van der Waals surface area (Å²) in [7, 11) is 0. The maximum absolute atomic E-state index is 13.3. The van der Waals surface area contributed by atoms with Gasteiger partial charge in [0.2, 0.25) is 11.8 Å². The molecule has 0 radical (unpaired) electrons. The van der Waals surface area contributed by atoms with Gasteiger partial charge in [0.05, 0.1) is 9.86 Å². The molecule has 0 atom stereocenters. The summed E-state index contributed by atoms with van der Waals surface area (Å²) in [4.78, 5) is 10.1. The number of hydrogen-bond donors (Lipinski definition) is 1. The van der Waals surface area contributed by atoms with Crippen molar-refractivity contribution in [3.63, 3.8) is 0 Å². The molecule has 0 fully saturated rings. The van der Waals surface area contributed by atoms with Crippen LogP contribution in [0.5, 0.6) is 11.6 Å². The lowest BCUT2D eigenvalue weighted by Crippen LogP contribution is -1.97. The van der Waals surface area contributed by atoms with E-state index in [9.17, 15) is 4.39 Å². The van der Waals surface area contributed by atoms with Crippen molar-refractivity contribution in [1.82, 2.24) is 9.97 Å². The molecule has 0 aliphatic heterocycles. The Hall–Kier alpha value is -1.73. The third-order valence-corrected chi connectivity index (χ3v) is 4.20. The molecule has 0 saturated heterocycles. The van der Waals surface area contributed by atoms with E-state index in [1.807, 2.05) is 13.0 Å². The summed E-state index contributed by atoms with van der Waals surface area (Å²) in [6, 6.07) is 6.12. The van der Waals surface area contributed by atoms with Crippen LogP contribution in [0.1, 0.15) is 4.88 Å². The summed E-state index contributed by atoms with van der Waals surface area (Å²) in [5, 5.41) is 0.762. The Bertz CT molecular complexity index is 806. The highest BCUT2D eigenvalue weighted by Crippen LogP contribution is 2.35. The number of nitrogens with two attached hydrogens (primary N) is 1. The smallest absolute Gasteiger partial charge is 0.232 e. The third kappa shape index (κ3) is 2.46. The highest BCUT2D eigenvalue weighted by Gasteiger charge is 2.13. The molecule has 4 nitrogen and oxygen atoms in total. The lowest BCUT2D eigenvalue weighted by Gasteiger charge is -2.08. The molecule has 2 aromatic heterocycles. The molecule has 102 valence electrons. The van der Waals surface area contributed by atoms with E-state index in [-0.39, 0.29) is 11.8 Å². The Kier molecular flexibility index (Phi) is 3.31. The van der Waals surface area contributed by atoms with Crippen LogP contribution >= 0.6 is 27.3 Å². The fourth-order valence-corrected chi connectivity index (χ4v) is 2.97. The number of rotatable bonds is 2. The predicted octanol–water partition coefficient (Wildman–Crippen LogP) is 4.28. The van der Waals surface area contributed by atoms with Gasteiger partial charge in [0.25, 0.3) is 0 Å². The molecule has 2 N–H and O–H groups in total. The molecule has 20 heavy (non-hydrogen) atoms. The van der Waals surface area contributed by atoms with Crippen LogP contribution in [-0.2, 0) is 0 Å². The molecule has 0 unspecified atom stereocenters. The highest BCUT2D eigenvalue weighted by molar-refractivity contribution is 9.10. The topological polar surface area (TPSA) is 61.0 Å². The molecule has 3 aromatic rings. The molecule has 7 heteroatoms. The van der Waals surface area contributed by atoms with Crippen LogP contribution in [0.15, 0.2) is 28.7 Å². The van der Waals surface area contributed by atoms with Gasteiger partial charge < -0.3 is 10.5 Å². The molecule has 0 amide bonds. The first-order valence-electron chi connectivity index (χ1n) is 5.69. The lowest BCUT2D eigenvalue weighted by atomic mass is 10.3. The van der Waals surface area contributed by atoms with E-state index in [0.717, 1.165) is 15.1 Å². The fourth-order valence-electron chi connectivity index (χ4n) is 1.77. The average Bonchev–Trinajstić information content (AvgIpc) is 2.74. The van der Waals surface area contributed by atoms with E-state index in [1.54, 1.807) is 6.07 Å². The van der Waals surface area contributed by atoms with Crippen molar-refractivity contribution >= 4 is 43.4 Å². The van der Waals surface area contributed by atoms with Gasteiger partial charge in [-0.25, -0.2) is 9.37 Å². The zero-order valence-corrected chi connectivity index (χ0v) is 12.8. The van der Waals surface area contributed by atoms with Crippen LogP contribution in [0.4, 0.5) is 10.3 Å². The maximum atomic E-state index is 13.3. The van der Waals surface area contributed by atoms with E-state index in [1.165, 1.54) is 23.5 Å². The minimum Gasteiger partial charge on any atom is -0.437 e. The largest absolute Gasteiger partial charge is 0.437 e. The van der Waals surface area contributed by atoms with Gasteiger partial charge in [-0.1, -0.05) is 0 Å². The number of thiophene rings is 1. The number of benzene rings is 1. The molecule has 0 aliphatic carbocycles. The van der Waals surface area contributed by atoms with Gasteiger partial charge in [0, 0.05) is 10.9 Å². The van der Waals surface area contributed by atoms with Crippen LogP contribution in [0.25, 0.3) is 10.2 Å². The van der Waals surface area contributed by atoms with E-state index in [0.29, 0.717) is 16.1 Å². The molecule has 1 aromatic carbocycles. The first-order chi connectivity index (χ1) is 9.52. The molecule has 0 saturated carbocycles. The molecule has 3 rings (SSSR count). The lowest BCUT2D eigenvalue weighted by molar-refractivity contribution is 0.461. The van der Waals surface area contributed by atoms with Crippen LogP contribution in [0.3, 0.4) is 0 Å². The van der Waals surface area contributed by atoms with Crippen molar-refractivity contribution in [1.29, 1.82) is 0 Å². The van der Waals surface area contributed by atoms with Gasteiger partial charge in [-0.05, 0) is 41.1 Å². The van der Waals surface area contributed by atoms with E-state index >= 15 is 0 Å². The van der Waals surface area contributed by atoms with Crippen molar-refractivity contribution in [3.05, 3.63) is 39.4 Å². The van der Waals surface area contributed by atoms with Gasteiger partial charge in [0.15, 0.2) is 0 Å². The van der Waals surface area contributed by atoms with Crippen LogP contribution in [0, 0.1) is 12.7 Å². The summed E-state index contributed by atoms with van der Waals surface area (Å²) >= 11 is 4.81. The number of fused-ring (bicyclic) bond motifs is 1. The average molecular weight is 354 g/mol. The molecule has 2 heterocycles. The Morgan fingerprint density at radius 1 is 1.30 bits per heavy atom. The van der Waals surface area contributed by atoms with Gasteiger partial charge >= 0.3 is 0 Å². The monoisotopic (exact) mass is 353 g/mol. The Morgan fingerprint density at radius 2 is 2.10 bits per heavy atom. The SMILES string of the molecule is Cc1cc2c(Oc3cc(F)ccc3Br)nc(N)nc2s1.